The van der Waals surface area contributed by atoms with Gasteiger partial charge in [0.1, 0.15) is 0 Å². The molecule has 0 fully saturated rings. The molecule has 10 heavy (non-hydrogen) atoms. The van der Waals surface area contributed by atoms with Crippen LogP contribution in [0.15, 0.2) is 12.2 Å². The first kappa shape index (κ1) is 7.79. The zero-order valence-corrected chi connectivity index (χ0v) is 7.00. The summed E-state index contributed by atoms with van der Waals surface area (Å²) in [5.74, 6) is -1.23. The van der Waals surface area contributed by atoms with Crippen molar-refractivity contribution >= 4 is 21.9 Å². The molecule has 3 heteroatoms. The van der Waals surface area contributed by atoms with Gasteiger partial charge in [-0.3, -0.25) is 0 Å². The fraction of sp³-hybridized carbons (Fsp3) is 0.571. The van der Waals surface area contributed by atoms with E-state index in [4.69, 9.17) is 0 Å². The lowest BCUT2D eigenvalue weighted by Crippen LogP contribution is -2.33. The second kappa shape index (κ2) is 3.19. The highest BCUT2D eigenvalue weighted by Crippen LogP contribution is 2.22. The molecule has 56 valence electrons. The Hall–Kier alpha value is -0.310. The smallest absolute Gasteiger partial charge is 0.0448 e. The first-order valence-corrected chi connectivity index (χ1v) is 4.13. The van der Waals surface area contributed by atoms with Gasteiger partial charge in [0, 0.05) is 16.7 Å². The van der Waals surface area contributed by atoms with E-state index in [-0.39, 0.29) is 10.7 Å². The van der Waals surface area contributed by atoms with Crippen molar-refractivity contribution in [3.63, 3.8) is 0 Å². The van der Waals surface area contributed by atoms with E-state index in [9.17, 15) is 9.90 Å². The van der Waals surface area contributed by atoms with Gasteiger partial charge in [0.2, 0.25) is 0 Å². The summed E-state index contributed by atoms with van der Waals surface area (Å²) in [5.41, 5.74) is 0. The first-order chi connectivity index (χ1) is 4.70. The van der Waals surface area contributed by atoms with Gasteiger partial charge in [-0.05, 0) is 12.8 Å². The fourth-order valence-corrected chi connectivity index (χ4v) is 1.70. The summed E-state index contributed by atoms with van der Waals surface area (Å²) >= 11 is 3.32. The lowest BCUT2D eigenvalue weighted by molar-refractivity contribution is -0.311. The van der Waals surface area contributed by atoms with Crippen LogP contribution < -0.4 is 5.11 Å². The molecule has 0 N–H and O–H groups in total. The number of alkyl halides is 1. The summed E-state index contributed by atoms with van der Waals surface area (Å²) in [6.07, 6.45) is 5.12. The number of aliphatic carboxylic acids is 1. The van der Waals surface area contributed by atoms with Crippen LogP contribution in [0.3, 0.4) is 0 Å². The topological polar surface area (TPSA) is 40.1 Å². The van der Waals surface area contributed by atoms with Crippen LogP contribution in [0.1, 0.15) is 12.8 Å². The number of halogens is 1. The molecule has 0 aliphatic heterocycles. The molecule has 0 saturated heterocycles. The third-order valence-electron chi connectivity index (χ3n) is 1.61. The number of hydrogen-bond acceptors (Lipinski definition) is 2. The van der Waals surface area contributed by atoms with E-state index in [0.717, 1.165) is 0 Å². The number of carbonyl (C=O) groups is 1. The fourth-order valence-electron chi connectivity index (χ4n) is 1.03. The SMILES string of the molecule is O=C([O-])C1CC=CC(Br)C1. The molecule has 1 aliphatic carbocycles. The molecule has 0 aromatic carbocycles. The van der Waals surface area contributed by atoms with Crippen LogP contribution in [0.2, 0.25) is 0 Å². The monoisotopic (exact) mass is 203 g/mol. The first-order valence-electron chi connectivity index (χ1n) is 3.21. The van der Waals surface area contributed by atoms with Gasteiger partial charge in [-0.2, -0.15) is 0 Å². The van der Waals surface area contributed by atoms with Crippen molar-refractivity contribution in [2.75, 3.05) is 0 Å². The minimum Gasteiger partial charge on any atom is -0.550 e. The maximum Gasteiger partial charge on any atom is 0.0448 e. The maximum atomic E-state index is 10.3. The third-order valence-corrected chi connectivity index (χ3v) is 2.29. The Morgan fingerprint density at radius 3 is 2.80 bits per heavy atom. The Morgan fingerprint density at radius 1 is 1.70 bits per heavy atom. The molecule has 1 rings (SSSR count). The van der Waals surface area contributed by atoms with Crippen molar-refractivity contribution in [2.24, 2.45) is 5.92 Å². The van der Waals surface area contributed by atoms with Crippen molar-refractivity contribution < 1.29 is 9.90 Å². The van der Waals surface area contributed by atoms with E-state index in [1.54, 1.807) is 0 Å². The summed E-state index contributed by atoms with van der Waals surface area (Å²) in [4.78, 5) is 10.5. The molecule has 0 spiro atoms. The zero-order chi connectivity index (χ0) is 7.56. The molecule has 1 aliphatic rings. The van der Waals surface area contributed by atoms with Gasteiger partial charge in [-0.1, -0.05) is 28.1 Å². The van der Waals surface area contributed by atoms with E-state index in [1.165, 1.54) is 0 Å². The van der Waals surface area contributed by atoms with Crippen LogP contribution in [-0.4, -0.2) is 10.8 Å². The number of carbonyl (C=O) groups excluding carboxylic acids is 1. The van der Waals surface area contributed by atoms with Crippen LogP contribution in [0.5, 0.6) is 0 Å². The van der Waals surface area contributed by atoms with Crippen LogP contribution in [0.25, 0.3) is 0 Å². The van der Waals surface area contributed by atoms with E-state index in [1.807, 2.05) is 12.2 Å². The average Bonchev–Trinajstić information content (AvgIpc) is 1.88. The number of carboxylic acid groups (broad SMARTS) is 1. The van der Waals surface area contributed by atoms with Gasteiger partial charge in [0.25, 0.3) is 0 Å². The molecule has 2 unspecified atom stereocenters. The molecule has 2 nitrogen and oxygen atoms in total. The predicted molar refractivity (Wildman–Crippen MR) is 39.6 cm³/mol. The molecule has 0 saturated carbocycles. The molecule has 0 aromatic rings. The molecule has 0 amide bonds. The summed E-state index contributed by atoms with van der Waals surface area (Å²) in [6.45, 7) is 0. The van der Waals surface area contributed by atoms with Crippen molar-refractivity contribution in [3.8, 4) is 0 Å². The summed E-state index contributed by atoms with van der Waals surface area (Å²) < 4.78 is 0. The molecule has 0 radical (unpaired) electrons. The van der Waals surface area contributed by atoms with Gasteiger partial charge >= 0.3 is 0 Å². The highest BCUT2D eigenvalue weighted by Gasteiger charge is 2.15. The minimum absolute atomic E-state index is 0.212. The Bertz CT molecular complexity index is 165. The Balaban J connectivity index is 2.52. The average molecular weight is 204 g/mol. The van der Waals surface area contributed by atoms with E-state index in [2.05, 4.69) is 15.9 Å². The van der Waals surface area contributed by atoms with E-state index >= 15 is 0 Å². The summed E-state index contributed by atoms with van der Waals surface area (Å²) in [5, 5.41) is 10.3. The lowest BCUT2D eigenvalue weighted by Gasteiger charge is -2.21. The highest BCUT2D eigenvalue weighted by atomic mass is 79.9. The van der Waals surface area contributed by atoms with Gasteiger partial charge in [0.05, 0.1) is 0 Å². The minimum atomic E-state index is -0.936. The molecule has 2 atom stereocenters. The van der Waals surface area contributed by atoms with Gasteiger partial charge in [-0.25, -0.2) is 0 Å². The number of hydrogen-bond donors (Lipinski definition) is 0. The molecular formula is C7H8BrO2-. The molecule has 0 bridgehead atoms. The van der Waals surface area contributed by atoms with Crippen LogP contribution in [0.4, 0.5) is 0 Å². The van der Waals surface area contributed by atoms with Crippen molar-refractivity contribution in [3.05, 3.63) is 12.2 Å². The highest BCUT2D eigenvalue weighted by molar-refractivity contribution is 9.09. The van der Waals surface area contributed by atoms with E-state index in [0.29, 0.717) is 12.8 Å². The molecular weight excluding hydrogens is 196 g/mol. The predicted octanol–water partition coefficient (Wildman–Crippen LogP) is 0.466. The standard InChI is InChI=1S/C7H9BrO2/c8-6-3-1-2-5(4-6)7(9)10/h1,3,5-6H,2,4H2,(H,9,10)/p-1. The van der Waals surface area contributed by atoms with Crippen molar-refractivity contribution in [2.45, 2.75) is 17.7 Å². The van der Waals surface area contributed by atoms with Crippen LogP contribution in [0, 0.1) is 5.92 Å². The number of allylic oxidation sites excluding steroid dienone is 2. The number of rotatable bonds is 1. The Morgan fingerprint density at radius 2 is 2.40 bits per heavy atom. The normalized spacial score (nSPS) is 32.1. The second-order valence-corrected chi connectivity index (χ2v) is 3.61. The largest absolute Gasteiger partial charge is 0.550 e. The number of carboxylic acids is 1. The lowest BCUT2D eigenvalue weighted by atomic mass is 9.95. The van der Waals surface area contributed by atoms with Crippen molar-refractivity contribution in [1.29, 1.82) is 0 Å². The molecule has 0 aromatic heterocycles. The van der Waals surface area contributed by atoms with Crippen molar-refractivity contribution in [1.82, 2.24) is 0 Å². The van der Waals surface area contributed by atoms with E-state index < -0.39 is 5.97 Å². The quantitative estimate of drug-likeness (QED) is 0.460. The third kappa shape index (κ3) is 1.84. The molecule has 0 heterocycles. The maximum absolute atomic E-state index is 10.3. The van der Waals surface area contributed by atoms with Gasteiger partial charge in [-0.15, -0.1) is 0 Å². The van der Waals surface area contributed by atoms with Gasteiger partial charge in [0.15, 0.2) is 0 Å². The van der Waals surface area contributed by atoms with Gasteiger partial charge < -0.3 is 9.90 Å². The van der Waals surface area contributed by atoms with Crippen LogP contribution in [-0.2, 0) is 4.79 Å². The summed E-state index contributed by atoms with van der Waals surface area (Å²) in [7, 11) is 0. The zero-order valence-electron chi connectivity index (χ0n) is 5.42. The Labute approximate surface area is 68.1 Å². The second-order valence-electron chi connectivity index (χ2n) is 2.43. The summed E-state index contributed by atoms with van der Waals surface area (Å²) in [6, 6.07) is 0. The van der Waals surface area contributed by atoms with Crippen LogP contribution >= 0.6 is 15.9 Å². The Kier molecular flexibility index (Phi) is 2.49.